The zero-order valence-electron chi connectivity index (χ0n) is 12.6. The predicted octanol–water partition coefficient (Wildman–Crippen LogP) is 2.29. The number of ether oxygens (including phenoxy) is 1. The van der Waals surface area contributed by atoms with E-state index in [0.29, 0.717) is 19.7 Å². The van der Waals surface area contributed by atoms with Crippen molar-refractivity contribution in [1.29, 1.82) is 0 Å². The summed E-state index contributed by atoms with van der Waals surface area (Å²) in [7, 11) is 0. The number of amides is 1. The Labute approximate surface area is 134 Å². The first kappa shape index (κ1) is 15.6. The van der Waals surface area contributed by atoms with Crippen molar-refractivity contribution in [1.82, 2.24) is 4.90 Å². The molecule has 23 heavy (non-hydrogen) atoms. The SMILES string of the molecule is O=C1[C@@H](C(O)c2ccccc2F)OCCN1Cc1ccccc1. The minimum Gasteiger partial charge on any atom is -0.385 e. The van der Waals surface area contributed by atoms with E-state index in [1.807, 2.05) is 30.3 Å². The van der Waals surface area contributed by atoms with Crippen LogP contribution < -0.4 is 0 Å². The molecule has 2 atom stereocenters. The zero-order valence-corrected chi connectivity index (χ0v) is 12.6. The van der Waals surface area contributed by atoms with Crippen LogP contribution in [0.25, 0.3) is 0 Å². The van der Waals surface area contributed by atoms with Crippen LogP contribution in [0.4, 0.5) is 4.39 Å². The standard InChI is InChI=1S/C18H18FNO3/c19-15-9-5-4-8-14(15)16(21)17-18(22)20(10-11-23-17)12-13-6-2-1-3-7-13/h1-9,16-17,21H,10-12H2/t16?,17-/m1/s1. The molecule has 2 aromatic carbocycles. The lowest BCUT2D eigenvalue weighted by Crippen LogP contribution is -2.49. The molecule has 1 N–H and O–H groups in total. The highest BCUT2D eigenvalue weighted by atomic mass is 19.1. The van der Waals surface area contributed by atoms with Gasteiger partial charge in [0.2, 0.25) is 0 Å². The molecular formula is C18H18FNO3. The van der Waals surface area contributed by atoms with Crippen LogP contribution in [-0.2, 0) is 16.1 Å². The van der Waals surface area contributed by atoms with Gasteiger partial charge in [-0.05, 0) is 11.6 Å². The summed E-state index contributed by atoms with van der Waals surface area (Å²) in [4.78, 5) is 14.2. The van der Waals surface area contributed by atoms with E-state index in [1.54, 1.807) is 11.0 Å². The van der Waals surface area contributed by atoms with Crippen LogP contribution in [0.2, 0.25) is 0 Å². The molecule has 0 saturated carbocycles. The van der Waals surface area contributed by atoms with E-state index in [1.165, 1.54) is 18.2 Å². The third kappa shape index (κ3) is 3.41. The molecule has 0 aromatic heterocycles. The van der Waals surface area contributed by atoms with Gasteiger partial charge in [-0.1, -0.05) is 48.5 Å². The second-order valence-corrected chi connectivity index (χ2v) is 5.50. The molecule has 1 aliphatic rings. The number of rotatable bonds is 4. The van der Waals surface area contributed by atoms with Gasteiger partial charge in [-0.3, -0.25) is 4.79 Å². The van der Waals surface area contributed by atoms with Crippen LogP contribution in [0.1, 0.15) is 17.2 Å². The lowest BCUT2D eigenvalue weighted by atomic mass is 10.0. The molecule has 5 heteroatoms. The number of aliphatic hydroxyl groups is 1. The third-order valence-corrected chi connectivity index (χ3v) is 3.94. The monoisotopic (exact) mass is 315 g/mol. The van der Waals surface area contributed by atoms with Crippen LogP contribution in [-0.4, -0.2) is 35.2 Å². The maximum Gasteiger partial charge on any atom is 0.255 e. The van der Waals surface area contributed by atoms with Crippen molar-refractivity contribution >= 4 is 5.91 Å². The van der Waals surface area contributed by atoms with Gasteiger partial charge in [0.15, 0.2) is 6.10 Å². The Kier molecular flexibility index (Phi) is 4.69. The highest BCUT2D eigenvalue weighted by molar-refractivity contribution is 5.82. The summed E-state index contributed by atoms with van der Waals surface area (Å²) < 4.78 is 19.2. The van der Waals surface area contributed by atoms with Gasteiger partial charge < -0.3 is 14.7 Å². The summed E-state index contributed by atoms with van der Waals surface area (Å²) in [5, 5.41) is 10.4. The Morgan fingerprint density at radius 2 is 1.87 bits per heavy atom. The predicted molar refractivity (Wildman–Crippen MR) is 83.0 cm³/mol. The summed E-state index contributed by atoms with van der Waals surface area (Å²) in [6.07, 6.45) is -2.40. The Bertz CT molecular complexity index is 677. The van der Waals surface area contributed by atoms with Crippen molar-refractivity contribution in [2.24, 2.45) is 0 Å². The van der Waals surface area contributed by atoms with E-state index in [-0.39, 0.29) is 11.5 Å². The van der Waals surface area contributed by atoms with Crippen molar-refractivity contribution in [3.05, 3.63) is 71.5 Å². The van der Waals surface area contributed by atoms with E-state index in [0.717, 1.165) is 5.56 Å². The molecule has 1 aliphatic heterocycles. The van der Waals surface area contributed by atoms with Crippen molar-refractivity contribution in [3.8, 4) is 0 Å². The van der Waals surface area contributed by atoms with Gasteiger partial charge in [-0.15, -0.1) is 0 Å². The Morgan fingerprint density at radius 3 is 2.61 bits per heavy atom. The number of hydrogen-bond donors (Lipinski definition) is 1. The zero-order chi connectivity index (χ0) is 16.2. The van der Waals surface area contributed by atoms with Crippen LogP contribution >= 0.6 is 0 Å². The fraction of sp³-hybridized carbons (Fsp3) is 0.278. The molecule has 1 amide bonds. The fourth-order valence-corrected chi connectivity index (χ4v) is 2.72. The molecule has 1 heterocycles. The lowest BCUT2D eigenvalue weighted by molar-refractivity contribution is -0.164. The smallest absolute Gasteiger partial charge is 0.255 e. The summed E-state index contributed by atoms with van der Waals surface area (Å²) in [6.45, 7) is 1.21. The van der Waals surface area contributed by atoms with Crippen LogP contribution in [0, 0.1) is 5.82 Å². The maximum atomic E-state index is 13.8. The lowest BCUT2D eigenvalue weighted by Gasteiger charge is -2.34. The number of carbonyl (C=O) groups is 1. The third-order valence-electron chi connectivity index (χ3n) is 3.94. The van der Waals surface area contributed by atoms with Crippen molar-refractivity contribution in [2.75, 3.05) is 13.2 Å². The quantitative estimate of drug-likeness (QED) is 0.942. The highest BCUT2D eigenvalue weighted by Gasteiger charge is 2.36. The topological polar surface area (TPSA) is 49.8 Å². The Morgan fingerprint density at radius 1 is 1.17 bits per heavy atom. The summed E-state index contributed by atoms with van der Waals surface area (Å²) >= 11 is 0. The van der Waals surface area contributed by atoms with Crippen LogP contribution in [0.3, 0.4) is 0 Å². The number of hydrogen-bond acceptors (Lipinski definition) is 3. The first-order valence-electron chi connectivity index (χ1n) is 7.53. The number of benzene rings is 2. The number of carbonyl (C=O) groups excluding carboxylic acids is 1. The van der Waals surface area contributed by atoms with Gasteiger partial charge in [-0.25, -0.2) is 4.39 Å². The van der Waals surface area contributed by atoms with E-state index in [4.69, 9.17) is 4.74 Å². The van der Waals surface area contributed by atoms with Crippen LogP contribution in [0.5, 0.6) is 0 Å². The largest absolute Gasteiger partial charge is 0.385 e. The molecule has 0 aliphatic carbocycles. The molecular weight excluding hydrogens is 297 g/mol. The summed E-state index contributed by atoms with van der Waals surface area (Å²) in [5.41, 5.74) is 1.08. The van der Waals surface area contributed by atoms with Gasteiger partial charge in [0.05, 0.1) is 6.61 Å². The molecule has 0 radical (unpaired) electrons. The van der Waals surface area contributed by atoms with Gasteiger partial charge in [0.1, 0.15) is 11.9 Å². The van der Waals surface area contributed by atoms with E-state index in [2.05, 4.69) is 0 Å². The van der Waals surface area contributed by atoms with E-state index < -0.39 is 18.0 Å². The average Bonchev–Trinajstić information content (AvgIpc) is 2.58. The molecule has 1 unspecified atom stereocenters. The molecule has 0 spiro atoms. The minimum atomic E-state index is -1.32. The minimum absolute atomic E-state index is 0.0763. The van der Waals surface area contributed by atoms with E-state index in [9.17, 15) is 14.3 Å². The molecule has 1 saturated heterocycles. The number of morpholine rings is 1. The number of halogens is 1. The maximum absolute atomic E-state index is 13.8. The van der Waals surface area contributed by atoms with Crippen molar-refractivity contribution < 1.29 is 19.0 Å². The summed E-state index contributed by atoms with van der Waals surface area (Å²) in [6, 6.07) is 15.5. The van der Waals surface area contributed by atoms with Crippen molar-refractivity contribution in [3.63, 3.8) is 0 Å². The highest BCUT2D eigenvalue weighted by Crippen LogP contribution is 2.26. The second-order valence-electron chi connectivity index (χ2n) is 5.50. The molecule has 120 valence electrons. The Balaban J connectivity index is 1.76. The van der Waals surface area contributed by atoms with Crippen LogP contribution in [0.15, 0.2) is 54.6 Å². The first-order chi connectivity index (χ1) is 11.2. The Hall–Kier alpha value is -2.24. The van der Waals surface area contributed by atoms with Gasteiger partial charge in [0.25, 0.3) is 5.91 Å². The molecule has 1 fully saturated rings. The average molecular weight is 315 g/mol. The van der Waals surface area contributed by atoms with Gasteiger partial charge in [-0.2, -0.15) is 0 Å². The second kappa shape index (κ2) is 6.89. The fourth-order valence-electron chi connectivity index (χ4n) is 2.72. The normalized spacial score (nSPS) is 19.7. The number of nitrogens with zero attached hydrogens (tertiary/aromatic N) is 1. The molecule has 0 bridgehead atoms. The van der Waals surface area contributed by atoms with Crippen molar-refractivity contribution in [2.45, 2.75) is 18.8 Å². The van der Waals surface area contributed by atoms with Gasteiger partial charge >= 0.3 is 0 Å². The molecule has 3 rings (SSSR count). The van der Waals surface area contributed by atoms with E-state index >= 15 is 0 Å². The number of aliphatic hydroxyl groups excluding tert-OH is 1. The first-order valence-corrected chi connectivity index (χ1v) is 7.53. The molecule has 2 aromatic rings. The summed E-state index contributed by atoms with van der Waals surface area (Å²) in [5.74, 6) is -0.868. The van der Waals surface area contributed by atoms with Gasteiger partial charge in [0, 0.05) is 18.7 Å². The molecule has 4 nitrogen and oxygen atoms in total.